The molecule has 0 saturated carbocycles. The highest BCUT2D eigenvalue weighted by Crippen LogP contribution is 2.27. The van der Waals surface area contributed by atoms with Crippen LogP contribution in [-0.4, -0.2) is 29.1 Å². The van der Waals surface area contributed by atoms with Crippen molar-refractivity contribution in [3.63, 3.8) is 0 Å². The molecule has 3 nitrogen and oxygen atoms in total. The molecule has 0 aliphatic carbocycles. The molecule has 0 fully saturated rings. The summed E-state index contributed by atoms with van der Waals surface area (Å²) >= 11 is 12.3. The molecular weight excluding hydrogens is 321 g/mol. The summed E-state index contributed by atoms with van der Waals surface area (Å²) in [5, 5.41) is 20.1. The predicted octanol–water partition coefficient (Wildman–Crippen LogP) is 4.31. The molecule has 2 aromatic carbocycles. The lowest BCUT2D eigenvalue weighted by molar-refractivity contribution is 0.285. The number of aliphatic hydroxyl groups excluding tert-OH is 1. The Morgan fingerprint density at radius 3 is 2.50 bits per heavy atom. The summed E-state index contributed by atoms with van der Waals surface area (Å²) in [5.74, 6) is 0.102. The second kappa shape index (κ2) is 8.18. The minimum absolute atomic E-state index is 0.102. The Labute approximate surface area is 139 Å². The van der Waals surface area contributed by atoms with Crippen molar-refractivity contribution in [1.29, 1.82) is 0 Å². The van der Waals surface area contributed by atoms with Gasteiger partial charge in [0.1, 0.15) is 5.75 Å². The second-order valence-corrected chi connectivity index (χ2v) is 5.65. The number of benzene rings is 2. The Kier molecular flexibility index (Phi) is 6.25. The second-order valence-electron chi connectivity index (χ2n) is 4.80. The molecule has 0 spiro atoms. The molecule has 0 aliphatic heterocycles. The van der Waals surface area contributed by atoms with Crippen molar-refractivity contribution in [2.75, 3.05) is 13.2 Å². The molecule has 0 radical (unpaired) electrons. The van der Waals surface area contributed by atoms with Crippen molar-refractivity contribution in [2.24, 2.45) is 4.99 Å². The Morgan fingerprint density at radius 2 is 1.77 bits per heavy atom. The van der Waals surface area contributed by atoms with Gasteiger partial charge in [-0.1, -0.05) is 41.4 Å². The number of rotatable bonds is 6. The molecule has 2 rings (SSSR count). The van der Waals surface area contributed by atoms with Crippen LogP contribution in [0.25, 0.3) is 0 Å². The molecule has 0 atom stereocenters. The first-order valence-corrected chi connectivity index (χ1v) is 7.78. The number of aliphatic imine (C=N–C) groups is 1. The first-order valence-electron chi connectivity index (χ1n) is 7.02. The van der Waals surface area contributed by atoms with Crippen LogP contribution in [0.5, 0.6) is 5.75 Å². The summed E-state index contributed by atoms with van der Waals surface area (Å²) < 4.78 is 0. The molecule has 0 bridgehead atoms. The average molecular weight is 338 g/mol. The third-order valence-electron chi connectivity index (χ3n) is 3.18. The number of phenolic OH excluding ortho intramolecular Hbond substituents is 1. The van der Waals surface area contributed by atoms with E-state index in [2.05, 4.69) is 4.99 Å². The van der Waals surface area contributed by atoms with Crippen LogP contribution in [0.4, 0.5) is 0 Å². The number of unbranched alkanes of at least 4 members (excludes halogenated alkanes) is 1. The highest BCUT2D eigenvalue weighted by molar-refractivity contribution is 6.36. The zero-order chi connectivity index (χ0) is 15.9. The Balaban J connectivity index is 2.46. The van der Waals surface area contributed by atoms with E-state index in [0.717, 1.165) is 12.0 Å². The summed E-state index contributed by atoms with van der Waals surface area (Å²) in [4.78, 5) is 4.57. The Hall–Kier alpha value is -1.55. The van der Waals surface area contributed by atoms with Gasteiger partial charge in [-0.25, -0.2) is 0 Å². The van der Waals surface area contributed by atoms with E-state index >= 15 is 0 Å². The van der Waals surface area contributed by atoms with Gasteiger partial charge < -0.3 is 10.2 Å². The summed E-state index contributed by atoms with van der Waals surface area (Å²) in [6.07, 6.45) is 1.44. The Morgan fingerprint density at radius 1 is 1.00 bits per heavy atom. The van der Waals surface area contributed by atoms with Crippen molar-refractivity contribution in [1.82, 2.24) is 0 Å². The van der Waals surface area contributed by atoms with Crippen LogP contribution in [-0.2, 0) is 0 Å². The van der Waals surface area contributed by atoms with Gasteiger partial charge in [0.2, 0.25) is 0 Å². The van der Waals surface area contributed by atoms with Crippen molar-refractivity contribution >= 4 is 28.9 Å². The highest BCUT2D eigenvalue weighted by Gasteiger charge is 2.14. The molecule has 2 aromatic rings. The van der Waals surface area contributed by atoms with Crippen molar-refractivity contribution in [3.05, 3.63) is 63.6 Å². The minimum atomic E-state index is 0.102. The number of phenols is 1. The van der Waals surface area contributed by atoms with Gasteiger partial charge in [0.25, 0.3) is 0 Å². The summed E-state index contributed by atoms with van der Waals surface area (Å²) in [5.41, 5.74) is 1.89. The molecule has 0 amide bonds. The molecule has 0 unspecified atom stereocenters. The van der Waals surface area contributed by atoms with E-state index in [4.69, 9.17) is 28.3 Å². The number of hydrogen-bond donors (Lipinski definition) is 2. The van der Waals surface area contributed by atoms with Crippen molar-refractivity contribution < 1.29 is 10.2 Å². The Bertz CT molecular complexity index is 671. The summed E-state index contributed by atoms with van der Waals surface area (Å²) in [6, 6.07) is 12.2. The van der Waals surface area contributed by atoms with Crippen LogP contribution in [0.3, 0.4) is 0 Å². The normalized spacial score (nSPS) is 11.7. The molecule has 2 N–H and O–H groups in total. The quantitative estimate of drug-likeness (QED) is 0.609. The van der Waals surface area contributed by atoms with Gasteiger partial charge in [-0.3, -0.25) is 4.99 Å². The number of aliphatic hydroxyl groups is 1. The molecule has 0 aromatic heterocycles. The van der Waals surface area contributed by atoms with Crippen LogP contribution in [0.15, 0.2) is 47.5 Å². The first kappa shape index (κ1) is 16.8. The van der Waals surface area contributed by atoms with Gasteiger partial charge in [0, 0.05) is 34.3 Å². The lowest BCUT2D eigenvalue weighted by Gasteiger charge is -2.11. The maximum atomic E-state index is 10.1. The number of halogens is 2. The third-order valence-corrected chi connectivity index (χ3v) is 3.74. The lowest BCUT2D eigenvalue weighted by atomic mass is 10.0. The fourth-order valence-electron chi connectivity index (χ4n) is 2.08. The zero-order valence-corrected chi connectivity index (χ0v) is 13.5. The maximum absolute atomic E-state index is 10.1. The fourth-order valence-corrected chi connectivity index (χ4v) is 2.48. The molecular formula is C17H17Cl2NO2. The molecule has 116 valence electrons. The third kappa shape index (κ3) is 4.23. The van der Waals surface area contributed by atoms with Gasteiger partial charge in [-0.2, -0.15) is 0 Å². The van der Waals surface area contributed by atoms with E-state index in [9.17, 15) is 5.11 Å². The number of nitrogens with zero attached hydrogens (tertiary/aromatic N) is 1. The van der Waals surface area contributed by atoms with E-state index in [1.165, 1.54) is 6.07 Å². The standard InChI is InChI=1S/C17H17Cl2NO2/c18-12-7-8-16(22)14(11-12)17(20-9-3-4-10-21)13-5-1-2-6-15(13)19/h1-2,5-8,11,21-22H,3-4,9-10H2/b20-17-. The van der Waals surface area contributed by atoms with Crippen LogP contribution in [0.2, 0.25) is 10.0 Å². The molecule has 0 aliphatic rings. The first-order chi connectivity index (χ1) is 10.6. The van der Waals surface area contributed by atoms with E-state index in [1.807, 2.05) is 18.2 Å². The highest BCUT2D eigenvalue weighted by atomic mass is 35.5. The van der Waals surface area contributed by atoms with Crippen LogP contribution >= 0.6 is 23.2 Å². The van der Waals surface area contributed by atoms with Gasteiger partial charge in [-0.15, -0.1) is 0 Å². The molecule has 22 heavy (non-hydrogen) atoms. The van der Waals surface area contributed by atoms with Gasteiger partial charge in [0.15, 0.2) is 0 Å². The minimum Gasteiger partial charge on any atom is -0.507 e. The van der Waals surface area contributed by atoms with Gasteiger partial charge >= 0.3 is 0 Å². The van der Waals surface area contributed by atoms with Crippen molar-refractivity contribution in [3.8, 4) is 5.75 Å². The maximum Gasteiger partial charge on any atom is 0.125 e. The average Bonchev–Trinajstić information content (AvgIpc) is 2.51. The van der Waals surface area contributed by atoms with Crippen LogP contribution in [0, 0.1) is 0 Å². The largest absolute Gasteiger partial charge is 0.507 e. The monoisotopic (exact) mass is 337 g/mol. The van der Waals surface area contributed by atoms with Gasteiger partial charge in [0.05, 0.1) is 5.71 Å². The van der Waals surface area contributed by atoms with E-state index in [-0.39, 0.29) is 12.4 Å². The molecule has 0 heterocycles. The zero-order valence-electron chi connectivity index (χ0n) is 12.0. The summed E-state index contributed by atoms with van der Waals surface area (Å²) in [7, 11) is 0. The van der Waals surface area contributed by atoms with Crippen LogP contribution in [0.1, 0.15) is 24.0 Å². The van der Waals surface area contributed by atoms with Crippen molar-refractivity contribution in [2.45, 2.75) is 12.8 Å². The van der Waals surface area contributed by atoms with E-state index < -0.39 is 0 Å². The lowest BCUT2D eigenvalue weighted by Crippen LogP contribution is -2.06. The smallest absolute Gasteiger partial charge is 0.125 e. The molecule has 0 saturated heterocycles. The van der Waals surface area contributed by atoms with E-state index in [0.29, 0.717) is 34.3 Å². The number of hydrogen-bond acceptors (Lipinski definition) is 3. The van der Waals surface area contributed by atoms with Gasteiger partial charge in [-0.05, 0) is 37.1 Å². The van der Waals surface area contributed by atoms with E-state index in [1.54, 1.807) is 18.2 Å². The number of aromatic hydroxyl groups is 1. The van der Waals surface area contributed by atoms with Crippen LogP contribution < -0.4 is 0 Å². The summed E-state index contributed by atoms with van der Waals surface area (Å²) in [6.45, 7) is 0.673. The SMILES string of the molecule is OCCCC/N=C(\c1cc(Cl)ccc1O)c1ccccc1Cl. The predicted molar refractivity (Wildman–Crippen MR) is 91.4 cm³/mol. The fraction of sp³-hybridized carbons (Fsp3) is 0.235. The molecule has 5 heteroatoms. The topological polar surface area (TPSA) is 52.8 Å².